The molecule has 10 heteroatoms. The highest BCUT2D eigenvalue weighted by Crippen LogP contribution is 2.29. The zero-order valence-electron chi connectivity index (χ0n) is 15.8. The standard InChI is InChI=1S/C20H18FN5OS3/c21-14-7-2-1-6-13(14)12-29-20-26-25-19(30-20)24-17(27)10-5-11-28-18-22-15-8-3-4-9-16(15)23-18/h1-4,6-9H,5,10-12H2,(H,22,23)(H,24,25,27). The Morgan fingerprint density at radius 3 is 2.80 bits per heavy atom. The molecular weight excluding hydrogens is 441 g/mol. The number of aromatic nitrogens is 4. The van der Waals surface area contributed by atoms with E-state index < -0.39 is 0 Å². The normalized spacial score (nSPS) is 11.1. The second kappa shape index (κ2) is 10.1. The van der Waals surface area contributed by atoms with Crippen LogP contribution in [0.3, 0.4) is 0 Å². The first kappa shape index (κ1) is 20.8. The number of imidazole rings is 1. The summed E-state index contributed by atoms with van der Waals surface area (Å²) in [5.41, 5.74) is 2.57. The molecule has 0 spiro atoms. The van der Waals surface area contributed by atoms with E-state index in [4.69, 9.17) is 0 Å². The van der Waals surface area contributed by atoms with Crippen LogP contribution >= 0.6 is 34.9 Å². The van der Waals surface area contributed by atoms with Crippen LogP contribution < -0.4 is 5.32 Å². The second-order valence-electron chi connectivity index (χ2n) is 6.31. The summed E-state index contributed by atoms with van der Waals surface area (Å²) in [6.45, 7) is 0. The van der Waals surface area contributed by atoms with Crippen molar-refractivity contribution >= 4 is 56.9 Å². The van der Waals surface area contributed by atoms with Gasteiger partial charge in [0.2, 0.25) is 11.0 Å². The molecule has 2 aromatic heterocycles. The molecule has 4 rings (SSSR count). The minimum Gasteiger partial charge on any atom is -0.333 e. The van der Waals surface area contributed by atoms with Gasteiger partial charge in [-0.2, -0.15) is 0 Å². The van der Waals surface area contributed by atoms with E-state index in [2.05, 4.69) is 25.5 Å². The van der Waals surface area contributed by atoms with Gasteiger partial charge in [-0.25, -0.2) is 9.37 Å². The number of anilines is 1. The van der Waals surface area contributed by atoms with Crippen molar-refractivity contribution < 1.29 is 9.18 Å². The first-order valence-electron chi connectivity index (χ1n) is 9.24. The van der Waals surface area contributed by atoms with E-state index in [9.17, 15) is 9.18 Å². The predicted octanol–water partition coefficient (Wildman–Crippen LogP) is 5.36. The summed E-state index contributed by atoms with van der Waals surface area (Å²) in [4.78, 5) is 19.9. The smallest absolute Gasteiger partial charge is 0.226 e. The average Bonchev–Trinajstić information content (AvgIpc) is 3.37. The first-order chi connectivity index (χ1) is 14.7. The summed E-state index contributed by atoms with van der Waals surface area (Å²) in [5.74, 6) is 0.923. The Kier molecular flexibility index (Phi) is 6.98. The molecular formula is C20H18FN5OS3. The molecule has 2 N–H and O–H groups in total. The van der Waals surface area contributed by atoms with Gasteiger partial charge in [0.25, 0.3) is 0 Å². The van der Waals surface area contributed by atoms with Gasteiger partial charge in [0, 0.05) is 17.9 Å². The van der Waals surface area contributed by atoms with Gasteiger partial charge in [0.15, 0.2) is 9.50 Å². The molecule has 6 nitrogen and oxygen atoms in total. The van der Waals surface area contributed by atoms with Gasteiger partial charge >= 0.3 is 0 Å². The van der Waals surface area contributed by atoms with Crippen molar-refractivity contribution in [3.05, 3.63) is 59.9 Å². The van der Waals surface area contributed by atoms with Gasteiger partial charge < -0.3 is 10.3 Å². The van der Waals surface area contributed by atoms with Crippen molar-refractivity contribution in [3.63, 3.8) is 0 Å². The molecule has 0 unspecified atom stereocenters. The van der Waals surface area contributed by atoms with Crippen LogP contribution in [0.4, 0.5) is 9.52 Å². The molecule has 0 fully saturated rings. The summed E-state index contributed by atoms with van der Waals surface area (Å²) in [5, 5.41) is 12.1. The third kappa shape index (κ3) is 5.59. The van der Waals surface area contributed by atoms with Crippen molar-refractivity contribution in [2.24, 2.45) is 0 Å². The van der Waals surface area contributed by atoms with Crippen molar-refractivity contribution in [3.8, 4) is 0 Å². The number of hydrogen-bond acceptors (Lipinski definition) is 7. The zero-order valence-corrected chi connectivity index (χ0v) is 18.2. The maximum atomic E-state index is 13.7. The molecule has 1 amide bonds. The van der Waals surface area contributed by atoms with Crippen LogP contribution in [0, 0.1) is 5.82 Å². The van der Waals surface area contributed by atoms with E-state index in [1.54, 1.807) is 30.0 Å². The number of aromatic amines is 1. The number of carbonyl (C=O) groups excluding carboxylic acids is 1. The number of para-hydroxylation sites is 2. The monoisotopic (exact) mass is 459 g/mol. The number of benzene rings is 2. The fourth-order valence-corrected chi connectivity index (χ4v) is 5.24. The summed E-state index contributed by atoms with van der Waals surface area (Å²) in [6.07, 6.45) is 1.12. The fourth-order valence-electron chi connectivity index (χ4n) is 2.65. The van der Waals surface area contributed by atoms with Crippen LogP contribution in [0.1, 0.15) is 18.4 Å². The Balaban J connectivity index is 1.18. The number of halogens is 1. The van der Waals surface area contributed by atoms with E-state index in [0.29, 0.717) is 27.2 Å². The lowest BCUT2D eigenvalue weighted by molar-refractivity contribution is -0.116. The van der Waals surface area contributed by atoms with Crippen LogP contribution in [-0.2, 0) is 10.5 Å². The molecule has 0 atom stereocenters. The SMILES string of the molecule is O=C(CCCSc1nc2ccccc2[nH]1)Nc1nnc(SCc2ccccc2F)s1. The summed E-state index contributed by atoms with van der Waals surface area (Å²) in [7, 11) is 0. The third-order valence-corrected chi connectivity index (χ3v) is 7.10. The third-order valence-electron chi connectivity index (χ3n) is 4.12. The maximum absolute atomic E-state index is 13.7. The van der Waals surface area contributed by atoms with Gasteiger partial charge in [0.1, 0.15) is 5.82 Å². The molecule has 0 bridgehead atoms. The highest BCUT2D eigenvalue weighted by Gasteiger charge is 2.10. The molecule has 2 heterocycles. The van der Waals surface area contributed by atoms with E-state index in [1.165, 1.54) is 29.2 Å². The van der Waals surface area contributed by atoms with E-state index in [1.807, 2.05) is 24.3 Å². The molecule has 0 saturated heterocycles. The summed E-state index contributed by atoms with van der Waals surface area (Å²) >= 11 is 4.29. The van der Waals surface area contributed by atoms with Crippen LogP contribution in [0.5, 0.6) is 0 Å². The number of nitrogens with one attached hydrogen (secondary N) is 2. The van der Waals surface area contributed by atoms with Gasteiger partial charge in [-0.05, 0) is 30.2 Å². The molecule has 30 heavy (non-hydrogen) atoms. The Labute approximate surface area is 185 Å². The van der Waals surface area contributed by atoms with Crippen molar-refractivity contribution in [1.82, 2.24) is 20.2 Å². The number of thioether (sulfide) groups is 2. The number of rotatable bonds is 9. The lowest BCUT2D eigenvalue weighted by atomic mass is 10.2. The minimum atomic E-state index is -0.233. The molecule has 0 aliphatic rings. The Morgan fingerprint density at radius 1 is 1.10 bits per heavy atom. The molecule has 0 aliphatic carbocycles. The zero-order chi connectivity index (χ0) is 20.8. The van der Waals surface area contributed by atoms with E-state index >= 15 is 0 Å². The molecule has 154 valence electrons. The predicted molar refractivity (Wildman–Crippen MR) is 121 cm³/mol. The lowest BCUT2D eigenvalue weighted by Gasteiger charge is -2.01. The van der Waals surface area contributed by atoms with Gasteiger partial charge in [0.05, 0.1) is 11.0 Å². The summed E-state index contributed by atoms with van der Waals surface area (Å²) in [6, 6.07) is 14.5. The van der Waals surface area contributed by atoms with Crippen molar-refractivity contribution in [2.45, 2.75) is 28.1 Å². The first-order valence-corrected chi connectivity index (χ1v) is 12.0. The van der Waals surface area contributed by atoms with Crippen molar-refractivity contribution in [1.29, 1.82) is 0 Å². The highest BCUT2D eigenvalue weighted by molar-refractivity contribution is 8.00. The van der Waals surface area contributed by atoms with Gasteiger partial charge in [-0.15, -0.1) is 10.2 Å². The van der Waals surface area contributed by atoms with E-state index in [0.717, 1.165) is 28.4 Å². The maximum Gasteiger partial charge on any atom is 0.226 e. The van der Waals surface area contributed by atoms with Gasteiger partial charge in [-0.3, -0.25) is 4.79 Å². The molecule has 0 radical (unpaired) electrons. The molecule has 4 aromatic rings. The number of hydrogen-bond donors (Lipinski definition) is 2. The topological polar surface area (TPSA) is 83.6 Å². The van der Waals surface area contributed by atoms with E-state index in [-0.39, 0.29) is 11.7 Å². The molecule has 2 aromatic carbocycles. The van der Waals surface area contributed by atoms with Crippen LogP contribution in [-0.4, -0.2) is 31.8 Å². The van der Waals surface area contributed by atoms with Gasteiger partial charge in [-0.1, -0.05) is 65.2 Å². The summed E-state index contributed by atoms with van der Waals surface area (Å²) < 4.78 is 14.4. The minimum absolute atomic E-state index is 0.0954. The second-order valence-corrected chi connectivity index (χ2v) is 9.60. The number of amides is 1. The fraction of sp³-hybridized carbons (Fsp3) is 0.200. The molecule has 0 saturated carbocycles. The Bertz CT molecular complexity index is 1110. The van der Waals surface area contributed by atoms with Crippen LogP contribution in [0.15, 0.2) is 58.0 Å². The highest BCUT2D eigenvalue weighted by atomic mass is 32.2. The van der Waals surface area contributed by atoms with Crippen LogP contribution in [0.25, 0.3) is 11.0 Å². The van der Waals surface area contributed by atoms with Crippen LogP contribution in [0.2, 0.25) is 0 Å². The van der Waals surface area contributed by atoms with Crippen molar-refractivity contribution in [2.75, 3.05) is 11.1 Å². The Hall–Kier alpha value is -2.43. The Morgan fingerprint density at radius 2 is 1.93 bits per heavy atom. The number of carbonyl (C=O) groups is 1. The number of fused-ring (bicyclic) bond motifs is 1. The quantitative estimate of drug-likeness (QED) is 0.199. The number of H-pyrrole nitrogens is 1. The largest absolute Gasteiger partial charge is 0.333 e. The average molecular weight is 460 g/mol. The lowest BCUT2D eigenvalue weighted by Crippen LogP contribution is -2.11. The molecule has 0 aliphatic heterocycles. The number of nitrogens with zero attached hydrogens (tertiary/aromatic N) is 3.